The van der Waals surface area contributed by atoms with E-state index < -0.39 is 0 Å². The number of piperidine rings is 1. The van der Waals surface area contributed by atoms with Gasteiger partial charge in [-0.05, 0) is 85.1 Å². The number of hydrogen-bond donors (Lipinski definition) is 4. The fourth-order valence-electron chi connectivity index (χ4n) is 5.34. The standard InChI is InChI=1S/C26H32N4O/c27-26(31)23-14-20(13-22-24(16-30-25(22)23)18-8-10-28-11-9-18)19-5-3-4-17(12-19)15-29-21-6-1-2-7-21/h3-5,12-14,16,18,21,28-30H,1-2,6-11,15H2,(H2,27,31). The molecule has 1 aromatic heterocycles. The van der Waals surface area contributed by atoms with Gasteiger partial charge in [-0.2, -0.15) is 0 Å². The molecule has 5 nitrogen and oxygen atoms in total. The molecule has 2 aromatic carbocycles. The van der Waals surface area contributed by atoms with Crippen molar-refractivity contribution in [2.75, 3.05) is 13.1 Å². The van der Waals surface area contributed by atoms with E-state index in [0.29, 0.717) is 17.5 Å². The Morgan fingerprint density at radius 2 is 1.84 bits per heavy atom. The number of amides is 1. The maximum atomic E-state index is 12.3. The maximum Gasteiger partial charge on any atom is 0.250 e. The van der Waals surface area contributed by atoms with Gasteiger partial charge in [0.15, 0.2) is 0 Å². The lowest BCUT2D eigenvalue weighted by Gasteiger charge is -2.22. The predicted octanol–water partition coefficient (Wildman–Crippen LogP) is 4.43. The fraction of sp³-hybridized carbons (Fsp3) is 0.423. The first kappa shape index (κ1) is 20.3. The van der Waals surface area contributed by atoms with Gasteiger partial charge in [0, 0.05) is 24.2 Å². The molecule has 0 spiro atoms. The van der Waals surface area contributed by atoms with Crippen LogP contribution in [0.1, 0.15) is 65.9 Å². The monoisotopic (exact) mass is 416 g/mol. The zero-order valence-corrected chi connectivity index (χ0v) is 18.0. The summed E-state index contributed by atoms with van der Waals surface area (Å²) in [7, 11) is 0. The minimum atomic E-state index is -0.385. The van der Waals surface area contributed by atoms with E-state index in [-0.39, 0.29) is 5.91 Å². The minimum Gasteiger partial charge on any atom is -0.366 e. The number of aromatic nitrogens is 1. The summed E-state index contributed by atoms with van der Waals surface area (Å²) < 4.78 is 0. The largest absolute Gasteiger partial charge is 0.366 e. The molecule has 5 rings (SSSR count). The number of rotatable bonds is 6. The molecule has 1 aliphatic carbocycles. The van der Waals surface area contributed by atoms with Crippen LogP contribution in [0, 0.1) is 0 Å². The maximum absolute atomic E-state index is 12.3. The van der Waals surface area contributed by atoms with Crippen LogP contribution < -0.4 is 16.4 Å². The molecule has 1 saturated heterocycles. The summed E-state index contributed by atoms with van der Waals surface area (Å²) in [6.45, 7) is 2.96. The van der Waals surface area contributed by atoms with Crippen LogP contribution >= 0.6 is 0 Å². The molecule has 0 bridgehead atoms. The van der Waals surface area contributed by atoms with Gasteiger partial charge in [-0.25, -0.2) is 0 Å². The Morgan fingerprint density at radius 1 is 1.03 bits per heavy atom. The second-order valence-electron chi connectivity index (χ2n) is 9.14. The Bertz CT molecular complexity index is 1070. The van der Waals surface area contributed by atoms with Crippen molar-refractivity contribution in [3.8, 4) is 11.1 Å². The molecule has 2 aliphatic rings. The zero-order valence-electron chi connectivity index (χ0n) is 18.0. The van der Waals surface area contributed by atoms with Crippen molar-refractivity contribution in [1.29, 1.82) is 0 Å². The molecule has 1 aliphatic heterocycles. The number of nitrogens with one attached hydrogen (secondary N) is 3. The van der Waals surface area contributed by atoms with E-state index in [1.165, 1.54) is 36.8 Å². The van der Waals surface area contributed by atoms with Gasteiger partial charge >= 0.3 is 0 Å². The summed E-state index contributed by atoms with van der Waals surface area (Å²) >= 11 is 0. The minimum absolute atomic E-state index is 0.385. The van der Waals surface area contributed by atoms with E-state index in [9.17, 15) is 4.79 Å². The fourth-order valence-corrected chi connectivity index (χ4v) is 5.34. The second-order valence-corrected chi connectivity index (χ2v) is 9.14. The molecule has 5 heteroatoms. The molecular weight excluding hydrogens is 384 g/mol. The molecule has 0 atom stereocenters. The van der Waals surface area contributed by atoms with Crippen molar-refractivity contribution in [2.45, 2.75) is 57.0 Å². The van der Waals surface area contributed by atoms with Gasteiger partial charge in [0.1, 0.15) is 0 Å². The van der Waals surface area contributed by atoms with E-state index in [4.69, 9.17) is 5.73 Å². The first-order valence-corrected chi connectivity index (χ1v) is 11.7. The molecule has 162 valence electrons. The van der Waals surface area contributed by atoms with Crippen LogP contribution in [0.15, 0.2) is 42.6 Å². The number of carbonyl (C=O) groups is 1. The van der Waals surface area contributed by atoms with Crippen LogP contribution in [0.3, 0.4) is 0 Å². The molecule has 1 amide bonds. The van der Waals surface area contributed by atoms with E-state index in [0.717, 1.165) is 54.5 Å². The van der Waals surface area contributed by atoms with Crippen molar-refractivity contribution >= 4 is 16.8 Å². The Hall–Kier alpha value is -2.63. The smallest absolute Gasteiger partial charge is 0.250 e. The summed E-state index contributed by atoms with van der Waals surface area (Å²) in [5.74, 6) is 0.123. The van der Waals surface area contributed by atoms with Gasteiger partial charge in [0.2, 0.25) is 0 Å². The summed E-state index contributed by atoms with van der Waals surface area (Å²) in [4.78, 5) is 15.6. The molecule has 31 heavy (non-hydrogen) atoms. The Morgan fingerprint density at radius 3 is 2.61 bits per heavy atom. The summed E-state index contributed by atoms with van der Waals surface area (Å²) in [6.07, 6.45) is 9.56. The lowest BCUT2D eigenvalue weighted by Crippen LogP contribution is -2.26. The zero-order chi connectivity index (χ0) is 21.2. The quantitative estimate of drug-likeness (QED) is 0.480. The third-order valence-corrected chi connectivity index (χ3v) is 7.08. The van der Waals surface area contributed by atoms with Crippen LogP contribution in [0.25, 0.3) is 22.0 Å². The van der Waals surface area contributed by atoms with Gasteiger partial charge in [-0.3, -0.25) is 4.79 Å². The molecule has 0 unspecified atom stereocenters. The Labute approximate surface area is 183 Å². The second kappa shape index (κ2) is 8.85. The van der Waals surface area contributed by atoms with Crippen LogP contribution in [-0.4, -0.2) is 30.0 Å². The normalized spacial score (nSPS) is 18.1. The predicted molar refractivity (Wildman–Crippen MR) is 126 cm³/mol. The highest BCUT2D eigenvalue weighted by Gasteiger charge is 2.21. The number of fused-ring (bicyclic) bond motifs is 1. The van der Waals surface area contributed by atoms with Gasteiger partial charge in [0.05, 0.1) is 11.1 Å². The number of primary amides is 1. The van der Waals surface area contributed by atoms with Crippen LogP contribution in [0.4, 0.5) is 0 Å². The third-order valence-electron chi connectivity index (χ3n) is 7.08. The first-order chi connectivity index (χ1) is 15.2. The van der Waals surface area contributed by atoms with Crippen molar-refractivity contribution in [2.24, 2.45) is 5.73 Å². The van der Waals surface area contributed by atoms with Crippen molar-refractivity contribution in [1.82, 2.24) is 15.6 Å². The highest BCUT2D eigenvalue weighted by molar-refractivity contribution is 6.07. The highest BCUT2D eigenvalue weighted by atomic mass is 16.1. The number of hydrogen-bond acceptors (Lipinski definition) is 3. The summed E-state index contributed by atoms with van der Waals surface area (Å²) in [5, 5.41) is 8.27. The van der Waals surface area contributed by atoms with Gasteiger partial charge in [-0.1, -0.05) is 31.0 Å². The van der Waals surface area contributed by atoms with E-state index >= 15 is 0 Å². The van der Waals surface area contributed by atoms with Crippen LogP contribution in [0.2, 0.25) is 0 Å². The van der Waals surface area contributed by atoms with Crippen molar-refractivity contribution in [3.63, 3.8) is 0 Å². The number of H-pyrrole nitrogens is 1. The molecular formula is C26H32N4O. The van der Waals surface area contributed by atoms with Crippen molar-refractivity contribution < 1.29 is 4.79 Å². The van der Waals surface area contributed by atoms with Crippen LogP contribution in [-0.2, 0) is 6.54 Å². The lowest BCUT2D eigenvalue weighted by atomic mass is 9.88. The third kappa shape index (κ3) is 4.25. The highest BCUT2D eigenvalue weighted by Crippen LogP contribution is 2.36. The van der Waals surface area contributed by atoms with E-state index in [1.807, 2.05) is 6.07 Å². The van der Waals surface area contributed by atoms with Gasteiger partial charge < -0.3 is 21.4 Å². The van der Waals surface area contributed by atoms with Crippen LogP contribution in [0.5, 0.6) is 0 Å². The topological polar surface area (TPSA) is 82.9 Å². The molecule has 1 saturated carbocycles. The average molecular weight is 417 g/mol. The van der Waals surface area contributed by atoms with E-state index in [1.54, 1.807) is 0 Å². The molecule has 2 fully saturated rings. The molecule has 0 radical (unpaired) electrons. The Balaban J connectivity index is 1.50. The number of benzene rings is 2. The average Bonchev–Trinajstić information content (AvgIpc) is 3.47. The Kier molecular flexibility index (Phi) is 5.79. The SMILES string of the molecule is NC(=O)c1cc(-c2cccc(CNC3CCCC3)c2)cc2c(C3CCNCC3)c[nH]c12. The molecule has 2 heterocycles. The van der Waals surface area contributed by atoms with Gasteiger partial charge in [-0.15, -0.1) is 0 Å². The molecule has 5 N–H and O–H groups in total. The molecule has 3 aromatic rings. The van der Waals surface area contributed by atoms with Gasteiger partial charge in [0.25, 0.3) is 5.91 Å². The van der Waals surface area contributed by atoms with Crippen molar-refractivity contribution in [3.05, 3.63) is 59.3 Å². The first-order valence-electron chi connectivity index (χ1n) is 11.7. The lowest BCUT2D eigenvalue weighted by molar-refractivity contribution is 0.100. The summed E-state index contributed by atoms with van der Waals surface area (Å²) in [5.41, 5.74) is 12.0. The summed E-state index contributed by atoms with van der Waals surface area (Å²) in [6, 6.07) is 13.5. The number of carbonyl (C=O) groups excluding carboxylic acids is 1. The van der Waals surface area contributed by atoms with E-state index in [2.05, 4.69) is 52.1 Å². The number of nitrogens with two attached hydrogens (primary N) is 1. The number of aromatic amines is 1.